The van der Waals surface area contributed by atoms with Gasteiger partial charge in [-0.15, -0.1) is 26.3 Å². The van der Waals surface area contributed by atoms with Crippen molar-refractivity contribution in [1.82, 2.24) is 0 Å². The SMILES string of the molecule is C=CC[C@@H](C)[C@@H](C1CC1)S(N)(=O)=O.C=CC[C@@H](C)[C@H](C1CC1)S(N)(=O)=O.C=CC[C@H](C)[C@@H](C1CC1)S(N)(=O)=O.C=CC[C@H](C)[C@H](C1CC1)S(N)(=O)=O. The lowest BCUT2D eigenvalue weighted by molar-refractivity contribution is 0.477. The molecule has 0 aromatic heterocycles. The van der Waals surface area contributed by atoms with Gasteiger partial charge in [-0.2, -0.15) is 0 Å². The van der Waals surface area contributed by atoms with Crippen LogP contribution < -0.4 is 20.6 Å². The highest BCUT2D eigenvalue weighted by molar-refractivity contribution is 7.90. The van der Waals surface area contributed by atoms with Gasteiger partial charge in [-0.05, 0) is 124 Å². The molecule has 0 aromatic rings. The van der Waals surface area contributed by atoms with Crippen molar-refractivity contribution in [2.24, 2.45) is 67.9 Å². The summed E-state index contributed by atoms with van der Waals surface area (Å²) in [6.07, 6.45) is 17.9. The molecule has 8 atom stereocenters. The molecule has 52 heavy (non-hydrogen) atoms. The fourth-order valence-corrected chi connectivity index (χ4v) is 13.8. The van der Waals surface area contributed by atoms with E-state index in [-0.39, 0.29) is 44.7 Å². The Hall–Kier alpha value is -1.40. The third-order valence-corrected chi connectivity index (χ3v) is 16.7. The van der Waals surface area contributed by atoms with Gasteiger partial charge < -0.3 is 0 Å². The standard InChI is InChI=1S/4C9H17NO2S/c4*1-3-4-7(2)9(8-5-6-8)13(10,11)12/h4*3,7-9H,1,4-6H2,2H3,(H2,10,11,12)/t2*7-,9+;2*7-,9-/m1010/s1. The van der Waals surface area contributed by atoms with Crippen molar-refractivity contribution in [3.8, 4) is 0 Å². The molecule has 0 spiro atoms. The zero-order valence-electron chi connectivity index (χ0n) is 31.8. The molecule has 0 heterocycles. The van der Waals surface area contributed by atoms with Crippen LogP contribution in [0.4, 0.5) is 0 Å². The third-order valence-electron chi connectivity index (χ3n) is 10.3. The average Bonchev–Trinajstić information content (AvgIpc) is 3.74. The van der Waals surface area contributed by atoms with Crippen LogP contribution in [0.3, 0.4) is 0 Å². The summed E-state index contributed by atoms with van der Waals surface area (Å²) in [6, 6.07) is 0. The van der Waals surface area contributed by atoms with Gasteiger partial charge in [0.2, 0.25) is 40.1 Å². The minimum atomic E-state index is -3.37. The third kappa shape index (κ3) is 17.8. The molecule has 12 nitrogen and oxygen atoms in total. The molecule has 0 radical (unpaired) electrons. The lowest BCUT2D eigenvalue weighted by Gasteiger charge is -2.20. The van der Waals surface area contributed by atoms with Crippen LogP contribution in [0, 0.1) is 47.3 Å². The van der Waals surface area contributed by atoms with E-state index in [1.165, 1.54) is 0 Å². The van der Waals surface area contributed by atoms with Crippen molar-refractivity contribution in [2.75, 3.05) is 0 Å². The molecule has 304 valence electrons. The van der Waals surface area contributed by atoms with Crippen molar-refractivity contribution < 1.29 is 33.7 Å². The van der Waals surface area contributed by atoms with Crippen molar-refractivity contribution in [2.45, 2.75) is 126 Å². The lowest BCUT2D eigenvalue weighted by Crippen LogP contribution is -2.35. The van der Waals surface area contributed by atoms with E-state index in [4.69, 9.17) is 20.6 Å². The smallest absolute Gasteiger partial charge is 0.212 e. The first-order valence-corrected chi connectivity index (χ1v) is 24.8. The van der Waals surface area contributed by atoms with E-state index >= 15 is 0 Å². The van der Waals surface area contributed by atoms with Gasteiger partial charge in [0, 0.05) is 0 Å². The normalized spacial score (nSPS) is 22.3. The minimum Gasteiger partial charge on any atom is -0.228 e. The maximum Gasteiger partial charge on any atom is 0.212 e. The number of hydrogen-bond acceptors (Lipinski definition) is 8. The van der Waals surface area contributed by atoms with Crippen molar-refractivity contribution in [3.05, 3.63) is 50.6 Å². The minimum absolute atomic E-state index is 0.0972. The summed E-state index contributed by atoms with van der Waals surface area (Å²) >= 11 is 0. The Labute approximate surface area is 316 Å². The molecule has 4 aliphatic rings. The van der Waals surface area contributed by atoms with E-state index in [9.17, 15) is 33.7 Å². The molecule has 4 saturated carbocycles. The molecule has 0 aromatic carbocycles. The number of allylic oxidation sites excluding steroid dienone is 4. The van der Waals surface area contributed by atoms with Gasteiger partial charge in [0.1, 0.15) is 0 Å². The number of sulfonamides is 4. The Bertz CT molecular complexity index is 1360. The Morgan fingerprint density at radius 1 is 0.404 bits per heavy atom. The van der Waals surface area contributed by atoms with Gasteiger partial charge >= 0.3 is 0 Å². The molecule has 4 rings (SSSR count). The monoisotopic (exact) mass is 812 g/mol. The summed E-state index contributed by atoms with van der Waals surface area (Å²) in [5.74, 6) is 1.57. The van der Waals surface area contributed by atoms with Gasteiger partial charge in [0.15, 0.2) is 0 Å². The van der Waals surface area contributed by atoms with Crippen LogP contribution in [0.1, 0.15) is 105 Å². The molecule has 0 amide bonds. The van der Waals surface area contributed by atoms with Crippen LogP contribution >= 0.6 is 0 Å². The Balaban J connectivity index is 0.000000347. The molecule has 8 N–H and O–H groups in total. The highest BCUT2D eigenvalue weighted by atomic mass is 32.2. The van der Waals surface area contributed by atoms with E-state index in [1.54, 1.807) is 24.3 Å². The van der Waals surface area contributed by atoms with Crippen LogP contribution in [0.15, 0.2) is 50.6 Å². The summed E-state index contributed by atoms with van der Waals surface area (Å²) in [6.45, 7) is 22.1. The second-order valence-corrected chi connectivity index (χ2v) is 22.5. The largest absolute Gasteiger partial charge is 0.228 e. The molecule has 4 fully saturated rings. The summed E-state index contributed by atoms with van der Waals surface area (Å²) in [4.78, 5) is 0. The van der Waals surface area contributed by atoms with Gasteiger partial charge in [0.05, 0.1) is 21.0 Å². The fourth-order valence-electron chi connectivity index (χ4n) is 7.51. The van der Waals surface area contributed by atoms with Crippen LogP contribution in [0.5, 0.6) is 0 Å². The summed E-state index contributed by atoms with van der Waals surface area (Å²) in [7, 11) is -13.5. The van der Waals surface area contributed by atoms with Crippen LogP contribution in [0.2, 0.25) is 0 Å². The Morgan fingerprint density at radius 3 is 0.615 bits per heavy atom. The van der Waals surface area contributed by atoms with E-state index in [0.29, 0.717) is 23.7 Å². The maximum absolute atomic E-state index is 11.3. The molecular weight excluding hydrogens is 745 g/mol. The van der Waals surface area contributed by atoms with Crippen LogP contribution in [-0.4, -0.2) is 54.7 Å². The van der Waals surface area contributed by atoms with Crippen LogP contribution in [0.25, 0.3) is 0 Å². The molecule has 0 bridgehead atoms. The molecule has 16 heteroatoms. The fraction of sp³-hybridized carbons (Fsp3) is 0.778. The van der Waals surface area contributed by atoms with Crippen LogP contribution in [-0.2, 0) is 40.1 Å². The summed E-state index contributed by atoms with van der Waals surface area (Å²) in [5.41, 5.74) is 0. The average molecular weight is 813 g/mol. The maximum atomic E-state index is 11.3. The lowest BCUT2D eigenvalue weighted by atomic mass is 10.0. The highest BCUT2D eigenvalue weighted by Crippen LogP contribution is 2.42. The first-order chi connectivity index (χ1) is 23.9. The second kappa shape index (κ2) is 21.1. The van der Waals surface area contributed by atoms with E-state index in [0.717, 1.165) is 77.0 Å². The molecule has 0 saturated heterocycles. The Morgan fingerprint density at radius 2 is 0.538 bits per heavy atom. The first kappa shape index (κ1) is 48.6. The number of rotatable bonds is 20. The highest BCUT2D eigenvalue weighted by Gasteiger charge is 2.43. The number of nitrogens with two attached hydrogens (primary N) is 4. The van der Waals surface area contributed by atoms with E-state index in [2.05, 4.69) is 26.3 Å². The van der Waals surface area contributed by atoms with Crippen molar-refractivity contribution in [3.63, 3.8) is 0 Å². The van der Waals surface area contributed by atoms with Gasteiger partial charge in [-0.3, -0.25) is 0 Å². The molecule has 4 aliphatic carbocycles. The quantitative estimate of drug-likeness (QED) is 0.121. The summed E-state index contributed by atoms with van der Waals surface area (Å²) in [5, 5.41) is 19.3. The topological polar surface area (TPSA) is 241 Å². The number of primary sulfonamides is 4. The zero-order chi connectivity index (χ0) is 40.2. The molecule has 0 aliphatic heterocycles. The molecular formula is C36H68N4O8S4. The zero-order valence-corrected chi connectivity index (χ0v) is 35.0. The number of hydrogen-bond donors (Lipinski definition) is 4. The predicted octanol–water partition coefficient (Wildman–Crippen LogP) is 5.06. The van der Waals surface area contributed by atoms with Gasteiger partial charge in [-0.25, -0.2) is 54.2 Å². The Kier molecular flexibility index (Phi) is 19.7. The first-order valence-electron chi connectivity index (χ1n) is 18.4. The van der Waals surface area contributed by atoms with Crippen molar-refractivity contribution >= 4 is 40.1 Å². The van der Waals surface area contributed by atoms with Crippen molar-refractivity contribution in [1.29, 1.82) is 0 Å². The predicted molar refractivity (Wildman–Crippen MR) is 214 cm³/mol. The van der Waals surface area contributed by atoms with E-state index < -0.39 is 40.1 Å². The van der Waals surface area contributed by atoms with E-state index in [1.807, 2.05) is 27.7 Å². The van der Waals surface area contributed by atoms with Gasteiger partial charge in [0.25, 0.3) is 0 Å². The van der Waals surface area contributed by atoms with Gasteiger partial charge in [-0.1, -0.05) is 52.0 Å². The molecule has 0 unspecified atom stereocenters. The summed E-state index contributed by atoms with van der Waals surface area (Å²) < 4.78 is 90.2. The second-order valence-electron chi connectivity index (χ2n) is 15.6.